The summed E-state index contributed by atoms with van der Waals surface area (Å²) in [5, 5.41) is 3.29. The van der Waals surface area contributed by atoms with Crippen LogP contribution in [0.5, 0.6) is 0 Å². The van der Waals surface area contributed by atoms with Crippen LogP contribution in [0, 0.1) is 0 Å². The van der Waals surface area contributed by atoms with Gasteiger partial charge in [0.15, 0.2) is 5.82 Å². The maximum Gasteiger partial charge on any atom is 0.172 e. The maximum absolute atomic E-state index is 6.12. The van der Waals surface area contributed by atoms with E-state index in [0.29, 0.717) is 5.92 Å². The monoisotopic (exact) mass is 435 g/mol. The van der Waals surface area contributed by atoms with Crippen molar-refractivity contribution in [3.63, 3.8) is 0 Å². The van der Waals surface area contributed by atoms with Crippen LogP contribution in [0.15, 0.2) is 15.0 Å². The van der Waals surface area contributed by atoms with Crippen LogP contribution < -0.4 is 5.32 Å². The van der Waals surface area contributed by atoms with Gasteiger partial charge in [-0.2, -0.15) is 0 Å². The Morgan fingerprint density at radius 3 is 2.70 bits per heavy atom. The first kappa shape index (κ1) is 14.8. The van der Waals surface area contributed by atoms with E-state index in [2.05, 4.69) is 49.1 Å². The molecule has 0 aliphatic heterocycles. The molecule has 7 heteroatoms. The number of halogens is 3. The molecule has 0 aromatic carbocycles. The van der Waals surface area contributed by atoms with E-state index in [0.717, 1.165) is 42.0 Å². The van der Waals surface area contributed by atoms with Gasteiger partial charge in [-0.25, -0.2) is 9.97 Å². The van der Waals surface area contributed by atoms with Gasteiger partial charge in [0.05, 0.1) is 15.0 Å². The second-order valence-electron chi connectivity index (χ2n) is 4.63. The topological polar surface area (TPSA) is 37.8 Å². The lowest BCUT2D eigenvalue weighted by Crippen LogP contribution is -2.05. The Bertz CT molecular complexity index is 636. The molecule has 3 nitrogen and oxygen atoms in total. The Kier molecular flexibility index (Phi) is 4.36. The first-order chi connectivity index (χ1) is 9.60. The summed E-state index contributed by atoms with van der Waals surface area (Å²) in [4.78, 5) is 10.3. The van der Waals surface area contributed by atoms with E-state index in [9.17, 15) is 0 Å². The Morgan fingerprint density at radius 1 is 1.40 bits per heavy atom. The minimum absolute atomic E-state index is 0.558. The van der Waals surface area contributed by atoms with Gasteiger partial charge in [-0.05, 0) is 57.7 Å². The molecular formula is C13H12Br2ClN3S. The van der Waals surface area contributed by atoms with Crippen LogP contribution in [0.2, 0.25) is 4.34 Å². The van der Waals surface area contributed by atoms with E-state index >= 15 is 0 Å². The van der Waals surface area contributed by atoms with Crippen LogP contribution in [-0.4, -0.2) is 16.5 Å². The van der Waals surface area contributed by atoms with Crippen molar-refractivity contribution in [1.82, 2.24) is 9.97 Å². The van der Waals surface area contributed by atoms with Crippen molar-refractivity contribution in [1.29, 1.82) is 0 Å². The zero-order valence-electron chi connectivity index (χ0n) is 10.7. The average molecular weight is 438 g/mol. The number of aromatic nitrogens is 2. The molecule has 0 spiro atoms. The largest absolute Gasteiger partial charge is 0.369 e. The van der Waals surface area contributed by atoms with Crippen molar-refractivity contribution in [3.05, 3.63) is 25.0 Å². The van der Waals surface area contributed by atoms with Gasteiger partial charge in [0, 0.05) is 16.9 Å². The molecule has 0 radical (unpaired) electrons. The van der Waals surface area contributed by atoms with E-state index < -0.39 is 0 Å². The second kappa shape index (κ2) is 5.91. The quantitative estimate of drug-likeness (QED) is 0.667. The van der Waals surface area contributed by atoms with Crippen molar-refractivity contribution in [2.75, 3.05) is 11.9 Å². The highest BCUT2D eigenvalue weighted by molar-refractivity contribution is 9.11. The van der Waals surface area contributed by atoms with Crippen LogP contribution in [0.3, 0.4) is 0 Å². The Hall–Kier alpha value is -0.170. The number of nitrogens with one attached hydrogen (secondary N) is 1. The summed E-state index contributed by atoms with van der Waals surface area (Å²) < 4.78 is 2.61. The second-order valence-corrected chi connectivity index (χ2v) is 7.93. The van der Waals surface area contributed by atoms with E-state index in [1.807, 2.05) is 6.07 Å². The lowest BCUT2D eigenvalue weighted by Gasteiger charge is -2.11. The number of anilines is 1. The summed E-state index contributed by atoms with van der Waals surface area (Å²) in [5.41, 5.74) is 1.10. The molecule has 1 N–H and O–H groups in total. The summed E-state index contributed by atoms with van der Waals surface area (Å²) in [6, 6.07) is 1.97. The van der Waals surface area contributed by atoms with Gasteiger partial charge in [0.25, 0.3) is 0 Å². The lowest BCUT2D eigenvalue weighted by atomic mass is 10.2. The van der Waals surface area contributed by atoms with Crippen LogP contribution in [-0.2, 0) is 0 Å². The molecule has 0 amide bonds. The molecule has 1 saturated carbocycles. The third-order valence-electron chi connectivity index (χ3n) is 3.05. The molecule has 2 heterocycles. The summed E-state index contributed by atoms with van der Waals surface area (Å²) >= 11 is 14.7. The van der Waals surface area contributed by atoms with Crippen molar-refractivity contribution >= 4 is 60.6 Å². The molecule has 0 atom stereocenters. The van der Waals surface area contributed by atoms with Crippen LogP contribution in [0.1, 0.15) is 31.4 Å². The minimum atomic E-state index is 0.558. The van der Waals surface area contributed by atoms with Crippen LogP contribution >= 0.6 is 54.8 Å². The molecule has 106 valence electrons. The Labute approximate surface area is 143 Å². The van der Waals surface area contributed by atoms with E-state index in [1.165, 1.54) is 24.2 Å². The minimum Gasteiger partial charge on any atom is -0.369 e. The van der Waals surface area contributed by atoms with Gasteiger partial charge >= 0.3 is 0 Å². The zero-order chi connectivity index (χ0) is 14.3. The van der Waals surface area contributed by atoms with Crippen LogP contribution in [0.25, 0.3) is 10.7 Å². The van der Waals surface area contributed by atoms with Crippen LogP contribution in [0.4, 0.5) is 5.82 Å². The summed E-state index contributed by atoms with van der Waals surface area (Å²) in [5.74, 6) is 2.16. The van der Waals surface area contributed by atoms with E-state index in [4.69, 9.17) is 16.6 Å². The first-order valence-corrected chi connectivity index (χ1v) is 9.14. The molecule has 0 bridgehead atoms. The third kappa shape index (κ3) is 2.89. The predicted molar refractivity (Wildman–Crippen MR) is 91.9 cm³/mol. The van der Waals surface area contributed by atoms with Crippen molar-refractivity contribution in [2.45, 2.75) is 25.7 Å². The summed E-state index contributed by atoms with van der Waals surface area (Å²) in [6.07, 6.45) is 2.41. The molecule has 1 aliphatic rings. The highest BCUT2D eigenvalue weighted by Gasteiger charge is 2.29. The maximum atomic E-state index is 6.12. The van der Waals surface area contributed by atoms with Gasteiger partial charge < -0.3 is 5.32 Å². The molecule has 0 saturated heterocycles. The molecule has 1 aliphatic carbocycles. The zero-order valence-corrected chi connectivity index (χ0v) is 15.5. The number of hydrogen-bond donors (Lipinski definition) is 1. The van der Waals surface area contributed by atoms with Gasteiger partial charge in [-0.1, -0.05) is 11.6 Å². The van der Waals surface area contributed by atoms with E-state index in [-0.39, 0.29) is 0 Å². The smallest absolute Gasteiger partial charge is 0.172 e. The molecule has 2 aromatic heterocycles. The van der Waals surface area contributed by atoms with Gasteiger partial charge in [0.1, 0.15) is 10.2 Å². The fourth-order valence-corrected chi connectivity index (χ4v) is 4.22. The van der Waals surface area contributed by atoms with Gasteiger partial charge in [0.2, 0.25) is 0 Å². The number of nitrogens with zero attached hydrogens (tertiary/aromatic N) is 2. The summed E-state index contributed by atoms with van der Waals surface area (Å²) in [6.45, 7) is 2.89. The highest BCUT2D eigenvalue weighted by atomic mass is 79.9. The first-order valence-electron chi connectivity index (χ1n) is 6.36. The Balaban J connectivity index is 2.10. The molecule has 1 fully saturated rings. The predicted octanol–water partition coefficient (Wildman–Crippen LogP) is 5.69. The number of hydrogen-bond acceptors (Lipinski definition) is 4. The fourth-order valence-electron chi connectivity index (χ4n) is 1.94. The van der Waals surface area contributed by atoms with Gasteiger partial charge in [-0.15, -0.1) is 11.3 Å². The molecule has 2 aromatic rings. The summed E-state index contributed by atoms with van der Waals surface area (Å²) in [7, 11) is 0. The van der Waals surface area contributed by atoms with Gasteiger partial charge in [-0.3, -0.25) is 0 Å². The SMILES string of the molecule is CCNc1nc(-c2cc(Br)c(Cl)s2)nc(C2CC2)c1Br. The highest BCUT2D eigenvalue weighted by Crippen LogP contribution is 2.45. The van der Waals surface area contributed by atoms with Crippen molar-refractivity contribution in [2.24, 2.45) is 0 Å². The third-order valence-corrected chi connectivity index (χ3v) is 6.30. The van der Waals surface area contributed by atoms with E-state index in [1.54, 1.807) is 0 Å². The van der Waals surface area contributed by atoms with Crippen molar-refractivity contribution in [3.8, 4) is 10.7 Å². The standard InChI is InChI=1S/C13H12Br2ClN3S/c1-2-17-13-9(15)10(6-3-4-6)18-12(19-13)8-5-7(14)11(16)20-8/h5-6H,2-4H2,1H3,(H,17,18,19). The van der Waals surface area contributed by atoms with Crippen molar-refractivity contribution < 1.29 is 0 Å². The number of thiophene rings is 1. The normalized spacial score (nSPS) is 14.6. The molecule has 0 unspecified atom stereocenters. The Morgan fingerprint density at radius 2 is 2.15 bits per heavy atom. The molecule has 20 heavy (non-hydrogen) atoms. The average Bonchev–Trinajstić information content (AvgIpc) is 3.19. The molecule has 3 rings (SSSR count). The molecular weight excluding hydrogens is 425 g/mol. The lowest BCUT2D eigenvalue weighted by molar-refractivity contribution is 0.976. The number of rotatable bonds is 4. The fraction of sp³-hybridized carbons (Fsp3) is 0.385.